The number of carboxylic acids is 1. The minimum atomic E-state index is -0.763. The molecule has 0 atom stereocenters. The van der Waals surface area contributed by atoms with Gasteiger partial charge in [-0.1, -0.05) is 18.0 Å². The van der Waals surface area contributed by atoms with E-state index in [4.69, 9.17) is 9.63 Å². The molecule has 0 bridgehead atoms. The monoisotopic (exact) mass is 290 g/mol. The molecule has 1 N–H and O–H groups in total. The third-order valence-electron chi connectivity index (χ3n) is 4.13. The summed E-state index contributed by atoms with van der Waals surface area (Å²) in [5, 5.41) is 17.3. The Morgan fingerprint density at radius 3 is 2.86 bits per heavy atom. The fraction of sp³-hybridized carbons (Fsp3) is 0.571. The van der Waals surface area contributed by atoms with E-state index in [0.717, 1.165) is 25.7 Å². The first-order valence-electron chi connectivity index (χ1n) is 7.11. The van der Waals surface area contributed by atoms with Crippen LogP contribution in [0, 0.1) is 5.41 Å². The number of nitrogens with zero attached hydrogens (tertiary/aromatic N) is 4. The number of carbonyl (C=O) groups is 1. The van der Waals surface area contributed by atoms with Crippen LogP contribution >= 0.6 is 0 Å². The Morgan fingerprint density at radius 2 is 2.24 bits per heavy atom. The van der Waals surface area contributed by atoms with Crippen molar-refractivity contribution in [2.24, 2.45) is 12.5 Å². The van der Waals surface area contributed by atoms with Crippen molar-refractivity contribution < 1.29 is 14.4 Å². The fourth-order valence-electron chi connectivity index (χ4n) is 3.15. The average molecular weight is 290 g/mol. The molecule has 3 rings (SSSR count). The number of aliphatic carboxylic acids is 1. The van der Waals surface area contributed by atoms with Gasteiger partial charge in [0.25, 0.3) is 0 Å². The zero-order valence-electron chi connectivity index (χ0n) is 11.9. The van der Waals surface area contributed by atoms with Crippen molar-refractivity contribution in [2.45, 2.75) is 38.5 Å². The topological polar surface area (TPSA) is 94.0 Å². The van der Waals surface area contributed by atoms with Crippen molar-refractivity contribution in [1.82, 2.24) is 19.9 Å². The first-order valence-corrected chi connectivity index (χ1v) is 7.11. The highest BCUT2D eigenvalue weighted by Gasteiger charge is 2.38. The summed E-state index contributed by atoms with van der Waals surface area (Å²) in [4.78, 5) is 15.5. The minimum Gasteiger partial charge on any atom is -0.481 e. The molecule has 1 aliphatic rings. The van der Waals surface area contributed by atoms with E-state index < -0.39 is 5.97 Å². The van der Waals surface area contributed by atoms with Crippen LogP contribution in [0.25, 0.3) is 11.5 Å². The van der Waals surface area contributed by atoms with E-state index in [0.29, 0.717) is 23.8 Å². The van der Waals surface area contributed by atoms with Gasteiger partial charge >= 0.3 is 5.97 Å². The van der Waals surface area contributed by atoms with Crippen LogP contribution in [0.15, 0.2) is 16.8 Å². The largest absolute Gasteiger partial charge is 0.481 e. The molecule has 7 heteroatoms. The Bertz CT molecular complexity index is 640. The molecule has 1 saturated carbocycles. The van der Waals surface area contributed by atoms with Gasteiger partial charge in [0.15, 0.2) is 0 Å². The Balaban J connectivity index is 1.78. The predicted molar refractivity (Wildman–Crippen MR) is 73.4 cm³/mol. The molecule has 21 heavy (non-hydrogen) atoms. The zero-order valence-corrected chi connectivity index (χ0v) is 11.9. The SMILES string of the molecule is Cn1ccc(-c2noc(CC3(CC(=O)O)CCCC3)n2)n1. The summed E-state index contributed by atoms with van der Waals surface area (Å²) in [6.45, 7) is 0. The van der Waals surface area contributed by atoms with Crippen LogP contribution in [0.3, 0.4) is 0 Å². The summed E-state index contributed by atoms with van der Waals surface area (Å²) < 4.78 is 6.97. The lowest BCUT2D eigenvalue weighted by molar-refractivity contribution is -0.139. The van der Waals surface area contributed by atoms with Gasteiger partial charge in [-0.05, 0) is 24.3 Å². The van der Waals surface area contributed by atoms with Crippen LogP contribution in [-0.2, 0) is 18.3 Å². The number of aromatic nitrogens is 4. The van der Waals surface area contributed by atoms with Gasteiger partial charge in [-0.2, -0.15) is 10.1 Å². The molecule has 0 radical (unpaired) electrons. The summed E-state index contributed by atoms with van der Waals surface area (Å²) in [6, 6.07) is 1.82. The maximum atomic E-state index is 11.1. The maximum absolute atomic E-state index is 11.1. The molecule has 2 aromatic rings. The van der Waals surface area contributed by atoms with Crippen molar-refractivity contribution in [3.63, 3.8) is 0 Å². The van der Waals surface area contributed by atoms with Crippen LogP contribution < -0.4 is 0 Å². The molecule has 0 amide bonds. The van der Waals surface area contributed by atoms with E-state index in [2.05, 4.69) is 15.2 Å². The fourth-order valence-corrected chi connectivity index (χ4v) is 3.15. The smallest absolute Gasteiger partial charge is 0.303 e. The number of hydrogen-bond acceptors (Lipinski definition) is 5. The Morgan fingerprint density at radius 1 is 1.48 bits per heavy atom. The van der Waals surface area contributed by atoms with Gasteiger partial charge in [0.2, 0.25) is 11.7 Å². The van der Waals surface area contributed by atoms with E-state index in [9.17, 15) is 4.79 Å². The first-order chi connectivity index (χ1) is 10.1. The molecule has 2 heterocycles. The number of rotatable bonds is 5. The summed E-state index contributed by atoms with van der Waals surface area (Å²) in [7, 11) is 1.82. The van der Waals surface area contributed by atoms with Crippen molar-refractivity contribution in [2.75, 3.05) is 0 Å². The molecule has 112 valence electrons. The number of carboxylic acid groups (broad SMARTS) is 1. The highest BCUT2D eigenvalue weighted by molar-refractivity contribution is 5.67. The molecule has 0 aliphatic heterocycles. The van der Waals surface area contributed by atoms with Gasteiger partial charge in [0.1, 0.15) is 5.69 Å². The van der Waals surface area contributed by atoms with Gasteiger partial charge in [-0.25, -0.2) is 0 Å². The molecule has 2 aromatic heterocycles. The predicted octanol–water partition coefficient (Wildman–Crippen LogP) is 2.05. The van der Waals surface area contributed by atoms with Crippen LogP contribution in [0.1, 0.15) is 38.0 Å². The lowest BCUT2D eigenvalue weighted by Gasteiger charge is -2.24. The summed E-state index contributed by atoms with van der Waals surface area (Å²) >= 11 is 0. The highest BCUT2D eigenvalue weighted by Crippen LogP contribution is 2.43. The molecule has 0 unspecified atom stereocenters. The third-order valence-corrected chi connectivity index (χ3v) is 4.13. The molecule has 0 aromatic carbocycles. The molecular formula is C14H18N4O3. The van der Waals surface area contributed by atoms with E-state index in [1.807, 2.05) is 19.3 Å². The van der Waals surface area contributed by atoms with E-state index >= 15 is 0 Å². The average Bonchev–Trinajstić information content (AvgIpc) is 3.11. The van der Waals surface area contributed by atoms with Crippen LogP contribution in [0.4, 0.5) is 0 Å². The number of aryl methyl sites for hydroxylation is 1. The van der Waals surface area contributed by atoms with Gasteiger partial charge in [0, 0.05) is 19.7 Å². The lowest BCUT2D eigenvalue weighted by atomic mass is 9.79. The third kappa shape index (κ3) is 2.96. The Hall–Kier alpha value is -2.18. The van der Waals surface area contributed by atoms with Crippen LogP contribution in [0.2, 0.25) is 0 Å². The van der Waals surface area contributed by atoms with Gasteiger partial charge in [-0.15, -0.1) is 0 Å². The van der Waals surface area contributed by atoms with Gasteiger partial charge in [-0.3, -0.25) is 9.48 Å². The lowest BCUT2D eigenvalue weighted by Crippen LogP contribution is -2.23. The summed E-state index contributed by atoms with van der Waals surface area (Å²) in [5.74, 6) is 0.189. The van der Waals surface area contributed by atoms with Crippen molar-refractivity contribution in [1.29, 1.82) is 0 Å². The Kier molecular flexibility index (Phi) is 3.48. The summed E-state index contributed by atoms with van der Waals surface area (Å²) in [5.41, 5.74) is 0.422. The second-order valence-corrected chi connectivity index (χ2v) is 5.84. The van der Waals surface area contributed by atoms with E-state index in [-0.39, 0.29) is 11.8 Å². The minimum absolute atomic E-state index is 0.161. The highest BCUT2D eigenvalue weighted by atomic mass is 16.5. The second kappa shape index (κ2) is 5.31. The van der Waals surface area contributed by atoms with E-state index in [1.54, 1.807) is 4.68 Å². The van der Waals surface area contributed by atoms with Crippen molar-refractivity contribution in [3.8, 4) is 11.5 Å². The number of hydrogen-bond donors (Lipinski definition) is 1. The standard InChI is InChI=1S/C14H18N4O3/c1-18-7-4-10(16-18)13-15-11(21-17-13)8-14(9-12(19)20)5-2-3-6-14/h4,7H,2-3,5-6,8-9H2,1H3,(H,19,20). The molecule has 1 fully saturated rings. The summed E-state index contributed by atoms with van der Waals surface area (Å²) in [6.07, 6.45) is 6.44. The second-order valence-electron chi connectivity index (χ2n) is 5.84. The maximum Gasteiger partial charge on any atom is 0.303 e. The normalized spacial score (nSPS) is 17.2. The molecule has 7 nitrogen and oxygen atoms in total. The first kappa shape index (κ1) is 13.8. The Labute approximate surface area is 122 Å². The van der Waals surface area contributed by atoms with Crippen LogP contribution in [0.5, 0.6) is 0 Å². The van der Waals surface area contributed by atoms with Crippen LogP contribution in [-0.4, -0.2) is 31.0 Å². The van der Waals surface area contributed by atoms with Gasteiger partial charge < -0.3 is 9.63 Å². The van der Waals surface area contributed by atoms with Gasteiger partial charge in [0.05, 0.1) is 6.42 Å². The molecular weight excluding hydrogens is 272 g/mol. The van der Waals surface area contributed by atoms with E-state index in [1.165, 1.54) is 0 Å². The molecule has 1 aliphatic carbocycles. The molecule has 0 spiro atoms. The van der Waals surface area contributed by atoms with Crippen molar-refractivity contribution >= 4 is 5.97 Å². The zero-order chi connectivity index (χ0) is 14.9. The molecule has 0 saturated heterocycles. The van der Waals surface area contributed by atoms with Crippen molar-refractivity contribution in [3.05, 3.63) is 18.2 Å². The quantitative estimate of drug-likeness (QED) is 0.905.